The molecule has 0 spiro atoms. The predicted octanol–water partition coefficient (Wildman–Crippen LogP) is 2.42. The van der Waals surface area contributed by atoms with Gasteiger partial charge in [0.05, 0.1) is 0 Å². The minimum absolute atomic E-state index is 0.243. The molecule has 6 heteroatoms. The lowest BCUT2D eigenvalue weighted by Crippen LogP contribution is -2.45. The van der Waals surface area contributed by atoms with Crippen LogP contribution in [0.25, 0.3) is 0 Å². The number of carbonyl (C=O) groups is 1. The number of alkyl halides is 2. The van der Waals surface area contributed by atoms with Crippen LogP contribution in [-0.4, -0.2) is 28.9 Å². The summed E-state index contributed by atoms with van der Waals surface area (Å²) in [7, 11) is 0. The summed E-state index contributed by atoms with van der Waals surface area (Å²) in [6.45, 7) is 0. The first-order valence-corrected chi connectivity index (χ1v) is 7.33. The van der Waals surface area contributed by atoms with Gasteiger partial charge >= 0.3 is 5.97 Å². The van der Waals surface area contributed by atoms with E-state index in [2.05, 4.69) is 17.6 Å². The molecule has 0 aromatic rings. The highest BCUT2D eigenvalue weighted by molar-refractivity contribution is 6.18. The van der Waals surface area contributed by atoms with Gasteiger partial charge in [-0.1, -0.05) is 23.8 Å². The van der Waals surface area contributed by atoms with Crippen molar-refractivity contribution in [1.82, 2.24) is 5.43 Å². The molecular weight excluding hydrogens is 287 g/mol. The number of nitrogens with one attached hydrogen (secondary N) is 1. The van der Waals surface area contributed by atoms with Crippen LogP contribution < -0.4 is 11.3 Å². The van der Waals surface area contributed by atoms with E-state index in [1.54, 1.807) is 0 Å². The molecule has 1 aliphatic rings. The van der Waals surface area contributed by atoms with E-state index < -0.39 is 12.0 Å². The maximum atomic E-state index is 11.1. The lowest BCUT2D eigenvalue weighted by Gasteiger charge is -2.34. The Hall–Kier alpha value is -0.550. The standard InChI is InChI=1S/C13H20Cl2N2O2/c14-7-3-10-1-4-13(5-2-10,6-8-15)9-11(17-16)12(18)19/h1-2,4,11,17H,3,5-9,16H2,(H,18,19). The number of carboxylic acids is 1. The van der Waals surface area contributed by atoms with Gasteiger partial charge in [-0.2, -0.15) is 0 Å². The molecule has 108 valence electrons. The lowest BCUT2D eigenvalue weighted by molar-refractivity contribution is -0.140. The summed E-state index contributed by atoms with van der Waals surface area (Å²) in [5.74, 6) is 5.43. The molecule has 0 saturated carbocycles. The maximum absolute atomic E-state index is 11.1. The van der Waals surface area contributed by atoms with Crippen LogP contribution >= 0.6 is 23.2 Å². The molecule has 0 bridgehead atoms. The van der Waals surface area contributed by atoms with Crippen molar-refractivity contribution in [2.24, 2.45) is 11.3 Å². The van der Waals surface area contributed by atoms with E-state index in [1.165, 1.54) is 5.57 Å². The molecule has 0 fully saturated rings. The van der Waals surface area contributed by atoms with Crippen LogP contribution in [0.4, 0.5) is 0 Å². The van der Waals surface area contributed by atoms with Crippen molar-refractivity contribution >= 4 is 29.2 Å². The number of nitrogens with two attached hydrogens (primary N) is 1. The van der Waals surface area contributed by atoms with Crippen LogP contribution in [0.2, 0.25) is 0 Å². The van der Waals surface area contributed by atoms with Gasteiger partial charge in [-0.25, -0.2) is 5.43 Å². The second-order valence-electron chi connectivity index (χ2n) is 4.82. The monoisotopic (exact) mass is 306 g/mol. The van der Waals surface area contributed by atoms with Crippen molar-refractivity contribution in [1.29, 1.82) is 0 Å². The minimum Gasteiger partial charge on any atom is -0.480 e. The molecule has 0 heterocycles. The second-order valence-corrected chi connectivity index (χ2v) is 5.57. The second kappa shape index (κ2) is 7.90. The first-order valence-electron chi connectivity index (χ1n) is 6.26. The van der Waals surface area contributed by atoms with Gasteiger partial charge in [-0.15, -0.1) is 23.2 Å². The van der Waals surface area contributed by atoms with Gasteiger partial charge in [0.25, 0.3) is 0 Å². The zero-order valence-corrected chi connectivity index (χ0v) is 12.3. The van der Waals surface area contributed by atoms with Crippen molar-refractivity contribution in [2.45, 2.75) is 31.7 Å². The first kappa shape index (κ1) is 16.5. The Balaban J connectivity index is 2.78. The fourth-order valence-electron chi connectivity index (χ4n) is 2.30. The molecule has 4 N–H and O–H groups in total. The summed E-state index contributed by atoms with van der Waals surface area (Å²) in [6, 6.07) is -0.768. The SMILES string of the molecule is NNC(CC1(CCCl)C=CC(CCCl)=CC1)C(=O)O. The maximum Gasteiger partial charge on any atom is 0.322 e. The van der Waals surface area contributed by atoms with E-state index in [0.717, 1.165) is 19.3 Å². The normalized spacial score (nSPS) is 24.1. The average Bonchev–Trinajstić information content (AvgIpc) is 2.39. The first-order chi connectivity index (χ1) is 9.06. The number of hydrogen-bond donors (Lipinski definition) is 3. The zero-order valence-electron chi connectivity index (χ0n) is 10.7. The molecule has 19 heavy (non-hydrogen) atoms. The molecular formula is C13H20Cl2N2O2. The third kappa shape index (κ3) is 4.80. The van der Waals surface area contributed by atoms with Gasteiger partial charge in [0.2, 0.25) is 0 Å². The molecule has 0 saturated heterocycles. The topological polar surface area (TPSA) is 75.3 Å². The van der Waals surface area contributed by atoms with E-state index in [1.807, 2.05) is 6.08 Å². The van der Waals surface area contributed by atoms with Crippen molar-refractivity contribution in [2.75, 3.05) is 11.8 Å². The van der Waals surface area contributed by atoms with Crippen molar-refractivity contribution in [3.63, 3.8) is 0 Å². The third-order valence-corrected chi connectivity index (χ3v) is 3.89. The van der Waals surface area contributed by atoms with Gasteiger partial charge in [-0.3, -0.25) is 10.6 Å². The van der Waals surface area contributed by atoms with E-state index >= 15 is 0 Å². The van der Waals surface area contributed by atoms with Crippen molar-refractivity contribution in [3.05, 3.63) is 23.8 Å². The fraction of sp³-hybridized carbons (Fsp3) is 0.615. The quantitative estimate of drug-likeness (QED) is 0.366. The number of hydrazine groups is 1. The highest BCUT2D eigenvalue weighted by Gasteiger charge is 2.33. The van der Waals surface area contributed by atoms with Crippen LogP contribution in [0.5, 0.6) is 0 Å². The smallest absolute Gasteiger partial charge is 0.322 e. The Morgan fingerprint density at radius 2 is 2.26 bits per heavy atom. The molecule has 2 unspecified atom stereocenters. The fourth-order valence-corrected chi connectivity index (χ4v) is 2.89. The number of carboxylic acid groups (broad SMARTS) is 1. The zero-order chi connectivity index (χ0) is 14.3. The molecule has 0 radical (unpaired) electrons. The van der Waals surface area contributed by atoms with Crippen LogP contribution in [0, 0.1) is 5.41 Å². The number of allylic oxidation sites excluding steroid dienone is 4. The molecule has 0 aromatic heterocycles. The molecule has 2 atom stereocenters. The number of hydrogen-bond acceptors (Lipinski definition) is 3. The largest absolute Gasteiger partial charge is 0.480 e. The highest BCUT2D eigenvalue weighted by atomic mass is 35.5. The Kier molecular flexibility index (Phi) is 6.86. The van der Waals surface area contributed by atoms with Gasteiger partial charge < -0.3 is 5.11 Å². The third-order valence-electron chi connectivity index (χ3n) is 3.51. The molecule has 4 nitrogen and oxygen atoms in total. The molecule has 0 aromatic carbocycles. The number of aliphatic carboxylic acids is 1. The predicted molar refractivity (Wildman–Crippen MR) is 78.3 cm³/mol. The van der Waals surface area contributed by atoms with Crippen molar-refractivity contribution in [3.8, 4) is 0 Å². The highest BCUT2D eigenvalue weighted by Crippen LogP contribution is 2.38. The molecule has 0 aliphatic heterocycles. The summed E-state index contributed by atoms with van der Waals surface area (Å²) in [5.41, 5.74) is 3.29. The Morgan fingerprint density at radius 1 is 1.53 bits per heavy atom. The summed E-state index contributed by atoms with van der Waals surface area (Å²) in [5, 5.41) is 9.09. The summed E-state index contributed by atoms with van der Waals surface area (Å²) < 4.78 is 0. The van der Waals surface area contributed by atoms with Gasteiger partial charge in [0.1, 0.15) is 6.04 Å². The lowest BCUT2D eigenvalue weighted by atomic mass is 9.73. The summed E-state index contributed by atoms with van der Waals surface area (Å²) >= 11 is 11.6. The minimum atomic E-state index is -0.944. The van der Waals surface area contributed by atoms with E-state index in [9.17, 15) is 4.79 Å². The average molecular weight is 307 g/mol. The van der Waals surface area contributed by atoms with E-state index in [0.29, 0.717) is 18.2 Å². The Morgan fingerprint density at radius 3 is 2.68 bits per heavy atom. The van der Waals surface area contributed by atoms with Crippen LogP contribution in [0.15, 0.2) is 23.8 Å². The van der Waals surface area contributed by atoms with Crippen LogP contribution in [0.1, 0.15) is 25.7 Å². The summed E-state index contributed by atoms with van der Waals surface area (Å²) in [4.78, 5) is 11.1. The van der Waals surface area contributed by atoms with E-state index in [-0.39, 0.29) is 5.41 Å². The Labute approximate surface area is 123 Å². The Bertz CT molecular complexity index is 372. The van der Waals surface area contributed by atoms with E-state index in [4.69, 9.17) is 34.2 Å². The van der Waals surface area contributed by atoms with Crippen LogP contribution in [0.3, 0.4) is 0 Å². The van der Waals surface area contributed by atoms with Gasteiger partial charge in [-0.05, 0) is 31.1 Å². The number of halogens is 2. The summed E-state index contributed by atoms with van der Waals surface area (Å²) in [6.07, 6.45) is 8.94. The molecule has 0 amide bonds. The van der Waals surface area contributed by atoms with Crippen LogP contribution in [-0.2, 0) is 4.79 Å². The molecule has 1 aliphatic carbocycles. The number of rotatable bonds is 8. The van der Waals surface area contributed by atoms with Gasteiger partial charge in [0.15, 0.2) is 0 Å². The van der Waals surface area contributed by atoms with Gasteiger partial charge in [0, 0.05) is 11.8 Å². The van der Waals surface area contributed by atoms with Crippen molar-refractivity contribution < 1.29 is 9.90 Å². The molecule has 1 rings (SSSR count).